The van der Waals surface area contributed by atoms with Crippen LogP contribution in [0.3, 0.4) is 0 Å². The Morgan fingerprint density at radius 1 is 1.15 bits per heavy atom. The number of aromatic nitrogens is 4. The van der Waals surface area contributed by atoms with Crippen LogP contribution in [-0.2, 0) is 22.3 Å². The van der Waals surface area contributed by atoms with E-state index in [9.17, 15) is 22.8 Å². The van der Waals surface area contributed by atoms with Crippen LogP contribution >= 0.6 is 0 Å². The van der Waals surface area contributed by atoms with Crippen molar-refractivity contribution in [2.75, 3.05) is 30.9 Å². The van der Waals surface area contributed by atoms with Crippen molar-refractivity contribution in [2.45, 2.75) is 58.7 Å². The molecule has 1 fully saturated rings. The highest BCUT2D eigenvalue weighted by Crippen LogP contribution is 2.32. The molecule has 2 aromatic heterocycles. The molecule has 0 radical (unpaired) electrons. The Hall–Kier alpha value is -3.70. The molecule has 0 atom stereocenters. The van der Waals surface area contributed by atoms with E-state index >= 15 is 0 Å². The Labute approximate surface area is 224 Å². The van der Waals surface area contributed by atoms with Crippen molar-refractivity contribution in [3.63, 3.8) is 0 Å². The predicted octanol–water partition coefficient (Wildman–Crippen LogP) is 5.29. The van der Waals surface area contributed by atoms with Gasteiger partial charge in [-0.15, -0.1) is 0 Å². The van der Waals surface area contributed by atoms with Crippen LogP contribution in [0.5, 0.6) is 0 Å². The van der Waals surface area contributed by atoms with E-state index in [0.29, 0.717) is 29.4 Å². The number of hydrogen-bond acceptors (Lipinski definition) is 7. The zero-order valence-electron chi connectivity index (χ0n) is 22.5. The van der Waals surface area contributed by atoms with E-state index < -0.39 is 17.7 Å². The number of imidazole rings is 1. The van der Waals surface area contributed by atoms with Gasteiger partial charge in [-0.2, -0.15) is 18.2 Å². The fraction of sp³-hybridized carbons (Fsp3) is 0.519. The number of halogens is 3. The van der Waals surface area contributed by atoms with Crippen molar-refractivity contribution in [2.24, 2.45) is 11.8 Å². The minimum absolute atomic E-state index is 0.0987. The average molecular weight is 547 g/mol. The monoisotopic (exact) mass is 546 g/mol. The number of benzene rings is 1. The Kier molecular flexibility index (Phi) is 8.41. The number of carbonyl (C=O) groups is 2. The van der Waals surface area contributed by atoms with Crippen LogP contribution < -0.4 is 10.2 Å². The van der Waals surface area contributed by atoms with Crippen molar-refractivity contribution >= 4 is 34.8 Å². The number of ether oxygens (including phenoxy) is 1. The highest BCUT2D eigenvalue weighted by atomic mass is 19.4. The number of nitrogens with zero attached hydrogens (tertiary/aromatic N) is 5. The summed E-state index contributed by atoms with van der Waals surface area (Å²) in [4.78, 5) is 40.1. The van der Waals surface area contributed by atoms with Gasteiger partial charge in [0.25, 0.3) is 0 Å². The topological polar surface area (TPSA) is 102 Å². The maximum atomic E-state index is 13.1. The van der Waals surface area contributed by atoms with Crippen molar-refractivity contribution in [1.82, 2.24) is 19.5 Å². The molecule has 1 aliphatic rings. The van der Waals surface area contributed by atoms with Gasteiger partial charge in [-0.25, -0.2) is 14.8 Å². The lowest BCUT2D eigenvalue weighted by molar-refractivity contribution is -0.137. The van der Waals surface area contributed by atoms with Gasteiger partial charge in [-0.1, -0.05) is 45.2 Å². The van der Waals surface area contributed by atoms with Gasteiger partial charge in [0.2, 0.25) is 17.7 Å². The summed E-state index contributed by atoms with van der Waals surface area (Å²) >= 11 is 0. The summed E-state index contributed by atoms with van der Waals surface area (Å²) in [6, 6.07) is 4.82. The number of fused-ring (bicyclic) bond motifs is 1. The van der Waals surface area contributed by atoms with Gasteiger partial charge in [0.15, 0.2) is 11.5 Å². The predicted molar refractivity (Wildman–Crippen MR) is 141 cm³/mol. The van der Waals surface area contributed by atoms with E-state index in [-0.39, 0.29) is 42.2 Å². The molecule has 0 spiro atoms. The summed E-state index contributed by atoms with van der Waals surface area (Å²) < 4.78 is 45.9. The highest BCUT2D eigenvalue weighted by molar-refractivity contribution is 5.96. The average Bonchev–Trinajstić information content (AvgIpc) is 3.21. The normalized spacial score (nSPS) is 13.9. The molecule has 1 aromatic carbocycles. The summed E-state index contributed by atoms with van der Waals surface area (Å²) in [5, 5.41) is 3.30. The van der Waals surface area contributed by atoms with Crippen molar-refractivity contribution in [3.8, 4) is 0 Å². The molecule has 0 unspecified atom stereocenters. The number of amides is 1. The number of alkyl halides is 3. The van der Waals surface area contributed by atoms with Crippen LogP contribution in [0, 0.1) is 11.8 Å². The number of rotatable bonds is 10. The number of hydrogen-bond donors (Lipinski definition) is 1. The molecule has 2 heterocycles. The van der Waals surface area contributed by atoms with Crippen LogP contribution in [0.1, 0.15) is 67.7 Å². The Morgan fingerprint density at radius 3 is 2.41 bits per heavy atom. The van der Waals surface area contributed by atoms with Gasteiger partial charge >= 0.3 is 12.1 Å². The van der Waals surface area contributed by atoms with Gasteiger partial charge in [0.05, 0.1) is 19.2 Å². The molecular weight excluding hydrogens is 513 g/mol. The fourth-order valence-corrected chi connectivity index (χ4v) is 4.49. The minimum atomic E-state index is -4.45. The maximum Gasteiger partial charge on any atom is 0.416 e. The molecule has 0 bridgehead atoms. The van der Waals surface area contributed by atoms with E-state index in [1.807, 2.05) is 13.8 Å². The lowest BCUT2D eigenvalue weighted by Gasteiger charge is -2.25. The Balaban J connectivity index is 1.81. The zero-order valence-corrected chi connectivity index (χ0v) is 22.5. The van der Waals surface area contributed by atoms with E-state index in [1.54, 1.807) is 11.6 Å². The van der Waals surface area contributed by atoms with Crippen molar-refractivity contribution in [1.29, 1.82) is 0 Å². The second-order valence-electron chi connectivity index (χ2n) is 10.3. The van der Waals surface area contributed by atoms with E-state index in [0.717, 1.165) is 18.6 Å². The second-order valence-corrected chi connectivity index (χ2v) is 10.3. The van der Waals surface area contributed by atoms with Gasteiger partial charge in [-0.05, 0) is 36.0 Å². The largest absolute Gasteiger partial charge is 0.463 e. The quantitative estimate of drug-likeness (QED) is 0.345. The van der Waals surface area contributed by atoms with Crippen molar-refractivity contribution in [3.05, 3.63) is 41.2 Å². The third kappa shape index (κ3) is 6.48. The van der Waals surface area contributed by atoms with Gasteiger partial charge in [0.1, 0.15) is 5.52 Å². The molecule has 1 aliphatic carbocycles. The number of anilines is 2. The van der Waals surface area contributed by atoms with Crippen LogP contribution in [0.15, 0.2) is 24.3 Å². The summed E-state index contributed by atoms with van der Waals surface area (Å²) in [6.45, 7) is 4.55. The molecule has 0 aliphatic heterocycles. The third-order valence-electron chi connectivity index (χ3n) is 6.90. The van der Waals surface area contributed by atoms with Crippen LogP contribution in [0.25, 0.3) is 11.2 Å². The van der Waals surface area contributed by atoms with Gasteiger partial charge in [0, 0.05) is 20.0 Å². The van der Waals surface area contributed by atoms with Crippen LogP contribution in [0.2, 0.25) is 0 Å². The fourth-order valence-electron chi connectivity index (χ4n) is 4.49. The molecule has 1 saturated carbocycles. The minimum Gasteiger partial charge on any atom is -0.463 e. The number of carbonyl (C=O) groups excluding carboxylic acids is 2. The first kappa shape index (κ1) is 28.3. The molecular formula is C27H33F3N6O3. The molecule has 1 N–H and O–H groups in total. The zero-order chi connectivity index (χ0) is 28.3. The highest BCUT2D eigenvalue weighted by Gasteiger charge is 2.30. The number of esters is 1. The SMILES string of the molecule is COC(=O)c1nc(NCCC2CCC2)c2c(n1)nc(N(C)C(=O)CC(C)C)n2Cc1ccc(C(F)(F)F)cc1. The summed E-state index contributed by atoms with van der Waals surface area (Å²) in [5.74, 6) is 0.211. The number of nitrogens with one attached hydrogen (secondary N) is 1. The molecule has 9 nitrogen and oxygen atoms in total. The first-order valence-corrected chi connectivity index (χ1v) is 13.0. The molecule has 0 saturated heterocycles. The summed E-state index contributed by atoms with van der Waals surface area (Å²) in [5.41, 5.74) is 0.416. The standard InChI is InChI=1S/C27H33F3N6O3/c1-16(2)14-20(37)35(3)26-34-23-21(36(26)15-18-8-10-19(11-9-18)27(28,29)30)22(31-13-12-17-6-5-7-17)32-24(33-23)25(38)39-4/h8-11,16-17H,5-7,12-15H2,1-4H3,(H,31,32,33). The number of methoxy groups -OCH3 is 1. The summed E-state index contributed by atoms with van der Waals surface area (Å²) in [7, 11) is 2.82. The lowest BCUT2D eigenvalue weighted by atomic mass is 9.83. The molecule has 4 rings (SSSR count). The smallest absolute Gasteiger partial charge is 0.416 e. The van der Waals surface area contributed by atoms with E-state index in [2.05, 4.69) is 20.3 Å². The first-order chi connectivity index (χ1) is 18.5. The molecule has 39 heavy (non-hydrogen) atoms. The van der Waals surface area contributed by atoms with Gasteiger partial charge < -0.3 is 14.6 Å². The van der Waals surface area contributed by atoms with E-state index in [4.69, 9.17) is 4.74 Å². The van der Waals surface area contributed by atoms with Gasteiger partial charge in [-0.3, -0.25) is 9.69 Å². The van der Waals surface area contributed by atoms with Crippen LogP contribution in [-0.4, -0.2) is 52.1 Å². The Morgan fingerprint density at radius 2 is 1.85 bits per heavy atom. The third-order valence-corrected chi connectivity index (χ3v) is 6.90. The molecule has 210 valence electrons. The first-order valence-electron chi connectivity index (χ1n) is 13.0. The lowest BCUT2D eigenvalue weighted by Crippen LogP contribution is -2.30. The summed E-state index contributed by atoms with van der Waals surface area (Å²) in [6.07, 6.45) is 0.302. The van der Waals surface area contributed by atoms with Crippen LogP contribution in [0.4, 0.5) is 24.9 Å². The molecule has 1 amide bonds. The Bertz CT molecular complexity index is 1330. The molecule has 3 aromatic rings. The van der Waals surface area contributed by atoms with Crippen molar-refractivity contribution < 1.29 is 27.5 Å². The molecule has 12 heteroatoms. The second kappa shape index (κ2) is 11.6. The van der Waals surface area contributed by atoms with E-state index in [1.165, 1.54) is 43.4 Å². The maximum absolute atomic E-state index is 13.1.